The Hall–Kier alpha value is -1.80. The lowest BCUT2D eigenvalue weighted by Gasteiger charge is -2.01. The van der Waals surface area contributed by atoms with Gasteiger partial charge in [0, 0.05) is 17.3 Å². The molecule has 2 rings (SSSR count). The van der Waals surface area contributed by atoms with E-state index in [9.17, 15) is 4.79 Å². The van der Waals surface area contributed by atoms with Gasteiger partial charge in [-0.2, -0.15) is 5.26 Å². The second-order valence-corrected chi connectivity index (χ2v) is 5.01. The Balaban J connectivity index is 2.24. The third kappa shape index (κ3) is 2.96. The molecule has 0 aliphatic rings. The number of aryl methyl sites for hydroxylation is 1. The van der Waals surface area contributed by atoms with Gasteiger partial charge < -0.3 is 9.72 Å². The minimum atomic E-state index is -0.200. The first kappa shape index (κ1) is 13.6. The highest BCUT2D eigenvalue weighted by Gasteiger charge is 2.11. The van der Waals surface area contributed by atoms with Crippen LogP contribution in [0.4, 0.5) is 0 Å². The summed E-state index contributed by atoms with van der Waals surface area (Å²) >= 11 is 3.49. The van der Waals surface area contributed by atoms with Gasteiger partial charge in [-0.3, -0.25) is 4.79 Å². The van der Waals surface area contributed by atoms with Crippen molar-refractivity contribution in [1.29, 1.82) is 5.26 Å². The molecule has 0 unspecified atom stereocenters. The highest BCUT2D eigenvalue weighted by atomic mass is 79.9. The molecule has 0 amide bonds. The minimum absolute atomic E-state index is 0.200. The van der Waals surface area contributed by atoms with Gasteiger partial charge in [0.15, 0.2) is 0 Å². The van der Waals surface area contributed by atoms with Crippen molar-refractivity contribution in [2.45, 2.75) is 19.3 Å². The molecule has 2 aromatic rings. The number of halogens is 1. The van der Waals surface area contributed by atoms with E-state index in [0.717, 1.165) is 33.9 Å². The summed E-state index contributed by atoms with van der Waals surface area (Å²) in [6.07, 6.45) is 1.87. The maximum absolute atomic E-state index is 11.1. The van der Waals surface area contributed by atoms with E-state index in [4.69, 9.17) is 5.26 Å². The van der Waals surface area contributed by atoms with Crippen LogP contribution >= 0.6 is 15.9 Å². The van der Waals surface area contributed by atoms with Crippen molar-refractivity contribution in [3.63, 3.8) is 0 Å². The molecule has 1 N–H and O–H groups in total. The number of hydrogen-bond acceptors (Lipinski definition) is 3. The Kier molecular flexibility index (Phi) is 4.23. The Bertz CT molecular complexity index is 655. The van der Waals surface area contributed by atoms with E-state index in [0.29, 0.717) is 12.0 Å². The average molecular weight is 321 g/mol. The summed E-state index contributed by atoms with van der Waals surface area (Å²) in [5.41, 5.74) is 2.71. The fourth-order valence-corrected chi connectivity index (χ4v) is 2.67. The first-order chi connectivity index (χ1) is 9.15. The van der Waals surface area contributed by atoms with E-state index >= 15 is 0 Å². The van der Waals surface area contributed by atoms with Crippen molar-refractivity contribution >= 4 is 32.8 Å². The molecule has 0 aliphatic heterocycles. The van der Waals surface area contributed by atoms with E-state index in [1.165, 1.54) is 7.11 Å². The zero-order chi connectivity index (χ0) is 13.8. The van der Waals surface area contributed by atoms with E-state index < -0.39 is 0 Å². The molecule has 0 atom stereocenters. The Morgan fingerprint density at radius 2 is 2.32 bits per heavy atom. The largest absolute Gasteiger partial charge is 0.469 e. The molecule has 98 valence electrons. The SMILES string of the molecule is COC(=O)CCCc1c(Br)[nH]c2ccc(C#N)cc12. The topological polar surface area (TPSA) is 65.9 Å². The second-order valence-electron chi connectivity index (χ2n) is 4.22. The molecular formula is C14H13BrN2O2. The van der Waals surface area contributed by atoms with Crippen LogP contribution in [0.25, 0.3) is 10.9 Å². The lowest BCUT2D eigenvalue weighted by molar-refractivity contribution is -0.140. The van der Waals surface area contributed by atoms with Crippen LogP contribution in [-0.4, -0.2) is 18.1 Å². The summed E-state index contributed by atoms with van der Waals surface area (Å²) in [5, 5.41) is 9.97. The molecule has 4 nitrogen and oxygen atoms in total. The number of ether oxygens (including phenoxy) is 1. The van der Waals surface area contributed by atoms with Crippen LogP contribution in [-0.2, 0) is 16.0 Å². The fraction of sp³-hybridized carbons (Fsp3) is 0.286. The van der Waals surface area contributed by atoms with Crippen LogP contribution in [0, 0.1) is 11.3 Å². The number of aromatic nitrogens is 1. The molecular weight excluding hydrogens is 308 g/mol. The number of benzene rings is 1. The molecule has 0 saturated heterocycles. The van der Waals surface area contributed by atoms with Crippen molar-refractivity contribution in [3.05, 3.63) is 33.9 Å². The van der Waals surface area contributed by atoms with Gasteiger partial charge in [-0.25, -0.2) is 0 Å². The maximum atomic E-state index is 11.1. The average Bonchev–Trinajstić information content (AvgIpc) is 2.74. The third-order valence-corrected chi connectivity index (χ3v) is 3.70. The predicted molar refractivity (Wildman–Crippen MR) is 75.7 cm³/mol. The smallest absolute Gasteiger partial charge is 0.305 e. The Labute approximate surface area is 119 Å². The molecule has 0 aliphatic carbocycles. The van der Waals surface area contributed by atoms with Crippen molar-refractivity contribution in [1.82, 2.24) is 4.98 Å². The number of esters is 1. The quantitative estimate of drug-likeness (QED) is 0.879. The number of nitrogens with one attached hydrogen (secondary N) is 1. The number of methoxy groups -OCH3 is 1. The van der Waals surface area contributed by atoms with Crippen molar-refractivity contribution in [2.24, 2.45) is 0 Å². The van der Waals surface area contributed by atoms with Crippen LogP contribution in [0.1, 0.15) is 24.0 Å². The summed E-state index contributed by atoms with van der Waals surface area (Å²) in [6, 6.07) is 7.67. The van der Waals surface area contributed by atoms with Gasteiger partial charge in [0.25, 0.3) is 0 Å². The summed E-state index contributed by atoms with van der Waals surface area (Å²) in [5.74, 6) is -0.200. The first-order valence-corrected chi connectivity index (χ1v) is 6.72. The second kappa shape index (κ2) is 5.89. The highest BCUT2D eigenvalue weighted by Crippen LogP contribution is 2.28. The zero-order valence-corrected chi connectivity index (χ0v) is 12.1. The number of hydrogen-bond donors (Lipinski definition) is 1. The van der Waals surface area contributed by atoms with Crippen LogP contribution in [0.15, 0.2) is 22.8 Å². The lowest BCUT2D eigenvalue weighted by Crippen LogP contribution is -2.00. The summed E-state index contributed by atoms with van der Waals surface area (Å²) in [7, 11) is 1.39. The van der Waals surface area contributed by atoms with Gasteiger partial charge in [-0.05, 0) is 52.5 Å². The van der Waals surface area contributed by atoms with E-state index in [2.05, 4.69) is 31.7 Å². The van der Waals surface area contributed by atoms with Crippen molar-refractivity contribution in [2.75, 3.05) is 7.11 Å². The molecule has 0 saturated carbocycles. The Morgan fingerprint density at radius 1 is 1.53 bits per heavy atom. The van der Waals surface area contributed by atoms with Gasteiger partial charge in [-0.15, -0.1) is 0 Å². The number of aromatic amines is 1. The monoisotopic (exact) mass is 320 g/mol. The molecule has 0 spiro atoms. The fourth-order valence-electron chi connectivity index (χ4n) is 2.04. The Morgan fingerprint density at radius 3 is 3.00 bits per heavy atom. The minimum Gasteiger partial charge on any atom is -0.469 e. The highest BCUT2D eigenvalue weighted by molar-refractivity contribution is 9.10. The normalized spacial score (nSPS) is 10.4. The number of fused-ring (bicyclic) bond motifs is 1. The van der Waals surface area contributed by atoms with Gasteiger partial charge in [-0.1, -0.05) is 0 Å². The van der Waals surface area contributed by atoms with Crippen molar-refractivity contribution in [3.8, 4) is 6.07 Å². The molecule has 0 fully saturated rings. The van der Waals surface area contributed by atoms with Crippen molar-refractivity contribution < 1.29 is 9.53 Å². The van der Waals surface area contributed by atoms with E-state index in [1.54, 1.807) is 6.07 Å². The molecule has 19 heavy (non-hydrogen) atoms. The van der Waals surface area contributed by atoms with Crippen LogP contribution in [0.5, 0.6) is 0 Å². The number of nitrogens with zero attached hydrogens (tertiary/aromatic N) is 1. The number of rotatable bonds is 4. The summed E-state index contributed by atoms with van der Waals surface area (Å²) in [4.78, 5) is 14.3. The maximum Gasteiger partial charge on any atom is 0.305 e. The predicted octanol–water partition coefficient (Wildman–Crippen LogP) is 3.30. The number of nitriles is 1. The third-order valence-electron chi connectivity index (χ3n) is 3.02. The van der Waals surface area contributed by atoms with E-state index in [1.807, 2.05) is 12.1 Å². The van der Waals surface area contributed by atoms with Crippen LogP contribution in [0.3, 0.4) is 0 Å². The number of H-pyrrole nitrogens is 1. The molecule has 1 aromatic heterocycles. The number of carbonyl (C=O) groups is 1. The molecule has 1 heterocycles. The van der Waals surface area contributed by atoms with Gasteiger partial charge in [0.1, 0.15) is 0 Å². The van der Waals surface area contributed by atoms with E-state index in [-0.39, 0.29) is 5.97 Å². The lowest BCUT2D eigenvalue weighted by atomic mass is 10.1. The van der Waals surface area contributed by atoms with Gasteiger partial charge in [0.2, 0.25) is 0 Å². The van der Waals surface area contributed by atoms with Crippen LogP contribution < -0.4 is 0 Å². The molecule has 0 radical (unpaired) electrons. The van der Waals surface area contributed by atoms with Crippen LogP contribution in [0.2, 0.25) is 0 Å². The summed E-state index contributed by atoms with van der Waals surface area (Å²) in [6.45, 7) is 0. The van der Waals surface area contributed by atoms with Gasteiger partial charge >= 0.3 is 5.97 Å². The molecule has 0 bridgehead atoms. The zero-order valence-electron chi connectivity index (χ0n) is 10.5. The van der Waals surface area contributed by atoms with Gasteiger partial charge in [0.05, 0.1) is 23.3 Å². The molecule has 1 aromatic carbocycles. The standard InChI is InChI=1S/C14H13BrN2O2/c1-19-13(18)4-2-3-10-11-7-9(8-16)5-6-12(11)17-14(10)15/h5-7,17H,2-4H2,1H3. The first-order valence-electron chi connectivity index (χ1n) is 5.92. The molecule has 5 heteroatoms. The number of carbonyl (C=O) groups excluding carboxylic acids is 1. The summed E-state index contributed by atoms with van der Waals surface area (Å²) < 4.78 is 5.53.